The molecule has 3 heterocycles. The van der Waals surface area contributed by atoms with Gasteiger partial charge < -0.3 is 9.73 Å². The van der Waals surface area contributed by atoms with Gasteiger partial charge in [0, 0.05) is 22.8 Å². The number of amides is 1. The van der Waals surface area contributed by atoms with Crippen molar-refractivity contribution in [3.8, 4) is 11.5 Å². The van der Waals surface area contributed by atoms with Gasteiger partial charge in [-0.05, 0) is 71.7 Å². The number of halogens is 2. The van der Waals surface area contributed by atoms with E-state index in [0.717, 1.165) is 23.9 Å². The lowest BCUT2D eigenvalue weighted by Crippen LogP contribution is -2.42. The lowest BCUT2D eigenvalue weighted by atomic mass is 9.97. The Balaban J connectivity index is 1.40. The van der Waals surface area contributed by atoms with E-state index >= 15 is 0 Å². The third-order valence-corrected chi connectivity index (χ3v) is 5.36. The molecule has 0 saturated carbocycles. The molecule has 1 aliphatic rings. The van der Waals surface area contributed by atoms with Crippen LogP contribution >= 0.6 is 15.9 Å². The number of nitrogens with one attached hydrogen (secondary N) is 1. The zero-order valence-corrected chi connectivity index (χ0v) is 17.5. The van der Waals surface area contributed by atoms with Crippen LogP contribution in [-0.2, 0) is 11.5 Å². The Morgan fingerprint density at radius 3 is 2.80 bits per heavy atom. The van der Waals surface area contributed by atoms with Crippen molar-refractivity contribution in [1.29, 1.82) is 0 Å². The molecule has 0 aliphatic carbocycles. The predicted molar refractivity (Wildman–Crippen MR) is 111 cm³/mol. The van der Waals surface area contributed by atoms with E-state index in [1.54, 1.807) is 12.3 Å². The highest BCUT2D eigenvalue weighted by molar-refractivity contribution is 9.10. The summed E-state index contributed by atoms with van der Waals surface area (Å²) in [5.74, 6) is -0.668. The highest BCUT2D eigenvalue weighted by atomic mass is 79.9. The van der Waals surface area contributed by atoms with Crippen molar-refractivity contribution in [3.05, 3.63) is 63.4 Å². The number of carbonyl (C=O) groups is 1. The number of nitrogens with zero attached hydrogens (tertiary/aromatic N) is 4. The Morgan fingerprint density at radius 2 is 2.07 bits per heavy atom. The molecule has 1 saturated heterocycles. The van der Waals surface area contributed by atoms with Gasteiger partial charge in [0.25, 0.3) is 0 Å². The maximum atomic E-state index is 13.1. The number of pyridine rings is 1. The van der Waals surface area contributed by atoms with Gasteiger partial charge in [0.1, 0.15) is 18.3 Å². The first-order chi connectivity index (χ1) is 14.5. The second kappa shape index (κ2) is 8.88. The van der Waals surface area contributed by atoms with Crippen LogP contribution in [0.5, 0.6) is 0 Å². The number of rotatable bonds is 5. The molecule has 1 atom stereocenters. The molecule has 1 amide bonds. The van der Waals surface area contributed by atoms with Crippen molar-refractivity contribution in [1.82, 2.24) is 19.7 Å². The van der Waals surface area contributed by atoms with Crippen molar-refractivity contribution in [2.45, 2.75) is 19.5 Å². The summed E-state index contributed by atoms with van der Waals surface area (Å²) < 4.78 is 20.3. The highest BCUT2D eigenvalue weighted by Crippen LogP contribution is 2.20. The van der Waals surface area contributed by atoms with E-state index in [1.807, 2.05) is 11.0 Å². The van der Waals surface area contributed by atoms with Gasteiger partial charge in [-0.1, -0.05) is 0 Å². The van der Waals surface area contributed by atoms with Gasteiger partial charge in [-0.2, -0.15) is 4.68 Å². The third kappa shape index (κ3) is 4.82. The predicted octanol–water partition coefficient (Wildman–Crippen LogP) is 3.11. The van der Waals surface area contributed by atoms with Gasteiger partial charge in [-0.3, -0.25) is 9.69 Å². The van der Waals surface area contributed by atoms with Crippen LogP contribution in [0.1, 0.15) is 12.8 Å². The molecule has 30 heavy (non-hydrogen) atoms. The Kier molecular flexibility index (Phi) is 6.05. The van der Waals surface area contributed by atoms with Crippen molar-refractivity contribution in [3.63, 3.8) is 0 Å². The van der Waals surface area contributed by atoms with Crippen molar-refractivity contribution >= 4 is 27.7 Å². The van der Waals surface area contributed by atoms with Crippen molar-refractivity contribution in [2.75, 3.05) is 18.4 Å². The second-order valence-corrected chi connectivity index (χ2v) is 8.00. The largest absolute Gasteiger partial charge is 0.438 e. The quantitative estimate of drug-likeness (QED) is 0.609. The number of likely N-dealkylation sites (tertiary alicyclic amines) is 1. The second-order valence-electron chi connectivity index (χ2n) is 7.09. The van der Waals surface area contributed by atoms with E-state index in [4.69, 9.17) is 4.42 Å². The molecule has 10 heteroatoms. The summed E-state index contributed by atoms with van der Waals surface area (Å²) in [7, 11) is 0. The fourth-order valence-electron chi connectivity index (χ4n) is 3.37. The minimum absolute atomic E-state index is 0.103. The van der Waals surface area contributed by atoms with E-state index in [2.05, 4.69) is 31.3 Å². The third-order valence-electron chi connectivity index (χ3n) is 4.89. The lowest BCUT2D eigenvalue weighted by molar-refractivity contribution is -0.121. The molecule has 1 aromatic carbocycles. The van der Waals surface area contributed by atoms with Gasteiger partial charge in [-0.25, -0.2) is 14.2 Å². The number of aromatic nitrogens is 3. The van der Waals surface area contributed by atoms with Gasteiger partial charge in [0.2, 0.25) is 11.8 Å². The van der Waals surface area contributed by atoms with E-state index in [1.165, 1.54) is 28.9 Å². The number of hydrogen-bond donors (Lipinski definition) is 1. The van der Waals surface area contributed by atoms with Crippen molar-refractivity contribution < 1.29 is 13.6 Å². The lowest BCUT2D eigenvalue weighted by Gasteiger charge is -2.31. The van der Waals surface area contributed by atoms with E-state index in [0.29, 0.717) is 17.9 Å². The number of hydrogen-bond acceptors (Lipinski definition) is 6. The fraction of sp³-hybridized carbons (Fsp3) is 0.300. The normalized spacial score (nSPS) is 17.1. The highest BCUT2D eigenvalue weighted by Gasteiger charge is 2.27. The van der Waals surface area contributed by atoms with Gasteiger partial charge in [0.15, 0.2) is 0 Å². The first-order valence-corrected chi connectivity index (χ1v) is 10.3. The molecule has 1 aliphatic heterocycles. The Hall–Kier alpha value is -2.85. The van der Waals surface area contributed by atoms with Gasteiger partial charge in [-0.15, -0.1) is 5.10 Å². The molecule has 8 nitrogen and oxygen atoms in total. The molecular formula is C20H19BrFN5O3. The number of anilines is 1. The van der Waals surface area contributed by atoms with E-state index in [9.17, 15) is 14.0 Å². The minimum Gasteiger partial charge on any atom is -0.388 e. The summed E-state index contributed by atoms with van der Waals surface area (Å²) >= 11 is 3.31. The van der Waals surface area contributed by atoms with Crippen LogP contribution in [0.3, 0.4) is 0 Å². The summed E-state index contributed by atoms with van der Waals surface area (Å²) in [5, 5.41) is 7.04. The molecular weight excluding hydrogens is 457 g/mol. The van der Waals surface area contributed by atoms with Crippen LogP contribution in [-0.4, -0.2) is 38.7 Å². The van der Waals surface area contributed by atoms with E-state index in [-0.39, 0.29) is 30.2 Å². The summed E-state index contributed by atoms with van der Waals surface area (Å²) in [6.07, 6.45) is 3.20. The van der Waals surface area contributed by atoms with E-state index < -0.39 is 5.76 Å². The van der Waals surface area contributed by atoms with Crippen LogP contribution < -0.4 is 11.1 Å². The van der Waals surface area contributed by atoms with Crippen LogP contribution in [0, 0.1) is 11.7 Å². The molecule has 1 fully saturated rings. The molecule has 0 spiro atoms. The Bertz CT molecular complexity index is 1080. The van der Waals surface area contributed by atoms with Gasteiger partial charge in [0.05, 0.1) is 5.92 Å². The van der Waals surface area contributed by atoms with Crippen LogP contribution in [0.25, 0.3) is 11.5 Å². The molecule has 4 rings (SSSR count). The zero-order chi connectivity index (χ0) is 21.1. The van der Waals surface area contributed by atoms with Crippen LogP contribution in [0.15, 0.2) is 56.3 Å². The Morgan fingerprint density at radius 1 is 1.27 bits per heavy atom. The first kappa shape index (κ1) is 20.4. The molecule has 0 radical (unpaired) electrons. The molecule has 0 unspecified atom stereocenters. The molecule has 3 aromatic rings. The van der Waals surface area contributed by atoms with Crippen molar-refractivity contribution in [2.24, 2.45) is 5.92 Å². The molecule has 156 valence electrons. The smallest absolute Gasteiger partial charge is 0.388 e. The zero-order valence-electron chi connectivity index (χ0n) is 15.9. The summed E-state index contributed by atoms with van der Waals surface area (Å²) in [4.78, 5) is 30.9. The van der Waals surface area contributed by atoms with Crippen LogP contribution in [0.2, 0.25) is 0 Å². The summed E-state index contributed by atoms with van der Waals surface area (Å²) in [6, 6.07) is 9.11. The average molecular weight is 476 g/mol. The first-order valence-electron chi connectivity index (χ1n) is 9.46. The van der Waals surface area contributed by atoms with Crippen LogP contribution in [0.4, 0.5) is 10.2 Å². The standard InChI is InChI=1S/C20H19BrFN5O3/c21-15-5-8-17(23-10-15)24-18(28)14-2-1-9-26(11-14)12-27-20(29)30-19(25-27)13-3-6-16(22)7-4-13/h3-8,10,14H,1-2,9,11-12H2,(H,23,24,28)/t14-/m1/s1. The molecule has 1 N–H and O–H groups in total. The molecule has 0 bridgehead atoms. The fourth-order valence-corrected chi connectivity index (χ4v) is 3.60. The number of benzene rings is 1. The minimum atomic E-state index is -0.597. The number of carbonyl (C=O) groups excluding carboxylic acids is 1. The maximum absolute atomic E-state index is 13.1. The molecule has 2 aromatic heterocycles. The maximum Gasteiger partial charge on any atom is 0.438 e. The SMILES string of the molecule is O=C(Nc1ccc(Br)cn1)[C@@H]1CCCN(Cn2nc(-c3ccc(F)cc3)oc2=O)C1. The topological polar surface area (TPSA) is 93.3 Å². The average Bonchev–Trinajstić information content (AvgIpc) is 3.10. The van der Waals surface area contributed by atoms with Gasteiger partial charge >= 0.3 is 5.76 Å². The summed E-state index contributed by atoms with van der Waals surface area (Å²) in [6.45, 7) is 1.45. The monoisotopic (exact) mass is 475 g/mol. The number of piperidine rings is 1. The Labute approximate surface area is 179 Å². The summed E-state index contributed by atoms with van der Waals surface area (Å²) in [5.41, 5.74) is 0.519.